The van der Waals surface area contributed by atoms with E-state index in [2.05, 4.69) is 10.1 Å². The molecule has 1 atom stereocenters. The summed E-state index contributed by atoms with van der Waals surface area (Å²) in [5, 5.41) is 3.21. The number of aryl methyl sites for hydroxylation is 1. The summed E-state index contributed by atoms with van der Waals surface area (Å²) in [5.74, 6) is -1.57. The molecular weight excluding hydrogens is 368 g/mol. The average Bonchev–Trinajstić information content (AvgIpc) is 2.72. The third-order valence-corrected chi connectivity index (χ3v) is 4.27. The molecule has 152 valence electrons. The summed E-state index contributed by atoms with van der Waals surface area (Å²) >= 11 is 0. The maximum Gasteiger partial charge on any atom is 0.343 e. The van der Waals surface area contributed by atoms with E-state index >= 15 is 0 Å². The molecular formula is C21H25F2NO4. The van der Waals surface area contributed by atoms with Crippen LogP contribution in [0.15, 0.2) is 42.5 Å². The van der Waals surface area contributed by atoms with Gasteiger partial charge in [-0.05, 0) is 43.1 Å². The summed E-state index contributed by atoms with van der Waals surface area (Å²) in [6, 6.07) is 11.6. The second-order valence-corrected chi connectivity index (χ2v) is 6.18. The minimum absolute atomic E-state index is 0.119. The van der Waals surface area contributed by atoms with Gasteiger partial charge in [0.05, 0.1) is 13.2 Å². The van der Waals surface area contributed by atoms with Gasteiger partial charge in [-0.2, -0.15) is 0 Å². The molecule has 1 N–H and O–H groups in total. The van der Waals surface area contributed by atoms with Gasteiger partial charge in [-0.25, -0.2) is 13.6 Å². The highest BCUT2D eigenvalue weighted by Gasteiger charge is 2.17. The molecule has 2 aromatic carbocycles. The smallest absolute Gasteiger partial charge is 0.343 e. The Kier molecular flexibility index (Phi) is 8.84. The monoisotopic (exact) mass is 393 g/mol. The van der Waals surface area contributed by atoms with E-state index in [0.717, 1.165) is 24.5 Å². The maximum atomic E-state index is 13.9. The molecule has 0 aromatic heterocycles. The SMILES string of the molecule is COC(=O)COc1ccc(CCCNCC(OC)c2cccc(F)c2F)cc1. The molecule has 0 heterocycles. The van der Waals surface area contributed by atoms with Crippen LogP contribution in [0.25, 0.3) is 0 Å². The van der Waals surface area contributed by atoms with E-state index in [9.17, 15) is 13.6 Å². The molecule has 0 saturated heterocycles. The molecule has 0 spiro atoms. The standard InChI is InChI=1S/C21H25F2NO4/c1-26-19(17-6-3-7-18(22)21(17)23)13-24-12-4-5-15-8-10-16(11-9-15)28-14-20(25)27-2/h3,6-11,19,24H,4-5,12-14H2,1-2H3. The predicted molar refractivity (Wildman–Crippen MR) is 101 cm³/mol. The Morgan fingerprint density at radius 2 is 1.86 bits per heavy atom. The Hall–Kier alpha value is -2.51. The van der Waals surface area contributed by atoms with Gasteiger partial charge < -0.3 is 19.5 Å². The van der Waals surface area contributed by atoms with Crippen molar-refractivity contribution < 1.29 is 27.8 Å². The lowest BCUT2D eigenvalue weighted by Gasteiger charge is -2.17. The molecule has 0 radical (unpaired) electrons. The third kappa shape index (κ3) is 6.58. The molecule has 28 heavy (non-hydrogen) atoms. The van der Waals surface area contributed by atoms with Crippen LogP contribution >= 0.6 is 0 Å². The van der Waals surface area contributed by atoms with Crippen LogP contribution in [0.2, 0.25) is 0 Å². The van der Waals surface area contributed by atoms with Gasteiger partial charge >= 0.3 is 5.97 Å². The second kappa shape index (κ2) is 11.4. The fourth-order valence-electron chi connectivity index (χ4n) is 2.69. The molecule has 0 amide bonds. The van der Waals surface area contributed by atoms with Crippen molar-refractivity contribution in [1.29, 1.82) is 0 Å². The topological polar surface area (TPSA) is 56.8 Å². The van der Waals surface area contributed by atoms with Crippen LogP contribution in [0.3, 0.4) is 0 Å². The van der Waals surface area contributed by atoms with Gasteiger partial charge in [0, 0.05) is 19.2 Å². The average molecular weight is 393 g/mol. The Balaban J connectivity index is 1.72. The molecule has 0 bridgehead atoms. The number of methoxy groups -OCH3 is 2. The van der Waals surface area contributed by atoms with E-state index in [0.29, 0.717) is 18.8 Å². The van der Waals surface area contributed by atoms with Crippen LogP contribution in [-0.4, -0.2) is 39.9 Å². The van der Waals surface area contributed by atoms with E-state index in [1.807, 2.05) is 12.1 Å². The van der Waals surface area contributed by atoms with Crippen molar-refractivity contribution in [1.82, 2.24) is 5.32 Å². The van der Waals surface area contributed by atoms with Crippen molar-refractivity contribution in [3.8, 4) is 5.75 Å². The largest absolute Gasteiger partial charge is 0.482 e. The molecule has 7 heteroatoms. The third-order valence-electron chi connectivity index (χ3n) is 4.27. The van der Waals surface area contributed by atoms with E-state index in [1.165, 1.54) is 26.4 Å². The van der Waals surface area contributed by atoms with Gasteiger partial charge in [-0.15, -0.1) is 0 Å². The first-order valence-electron chi connectivity index (χ1n) is 9.01. The minimum atomic E-state index is -0.876. The molecule has 0 aliphatic carbocycles. The number of hydrogen-bond acceptors (Lipinski definition) is 5. The molecule has 0 aliphatic rings. The Morgan fingerprint density at radius 3 is 2.54 bits per heavy atom. The van der Waals surface area contributed by atoms with Crippen molar-refractivity contribution >= 4 is 5.97 Å². The first-order chi connectivity index (χ1) is 13.5. The predicted octanol–water partition coefficient (Wildman–Crippen LogP) is 3.43. The molecule has 1 unspecified atom stereocenters. The van der Waals surface area contributed by atoms with Crippen molar-refractivity contribution in [2.24, 2.45) is 0 Å². The van der Waals surface area contributed by atoms with Crippen molar-refractivity contribution in [3.05, 3.63) is 65.2 Å². The Labute approximate surface area is 163 Å². The number of carbonyl (C=O) groups is 1. The van der Waals surface area contributed by atoms with Crippen LogP contribution < -0.4 is 10.1 Å². The molecule has 2 aromatic rings. The number of esters is 1. The van der Waals surface area contributed by atoms with E-state index in [-0.39, 0.29) is 12.2 Å². The number of hydrogen-bond donors (Lipinski definition) is 1. The highest BCUT2D eigenvalue weighted by atomic mass is 19.2. The van der Waals surface area contributed by atoms with Crippen LogP contribution in [0.4, 0.5) is 8.78 Å². The van der Waals surface area contributed by atoms with Crippen LogP contribution in [-0.2, 0) is 20.7 Å². The van der Waals surface area contributed by atoms with Gasteiger partial charge in [0.2, 0.25) is 0 Å². The van der Waals surface area contributed by atoms with Crippen LogP contribution in [0.5, 0.6) is 5.75 Å². The highest BCUT2D eigenvalue weighted by Crippen LogP contribution is 2.21. The lowest BCUT2D eigenvalue weighted by atomic mass is 10.1. The highest BCUT2D eigenvalue weighted by molar-refractivity contribution is 5.70. The summed E-state index contributed by atoms with van der Waals surface area (Å²) in [4.78, 5) is 11.0. The van der Waals surface area contributed by atoms with Crippen LogP contribution in [0.1, 0.15) is 23.7 Å². The first-order valence-corrected chi connectivity index (χ1v) is 9.01. The molecule has 0 aliphatic heterocycles. The number of nitrogens with one attached hydrogen (secondary N) is 1. The van der Waals surface area contributed by atoms with E-state index in [4.69, 9.17) is 9.47 Å². The molecule has 2 rings (SSSR count). The van der Waals surface area contributed by atoms with Gasteiger partial charge in [-0.1, -0.05) is 24.3 Å². The number of ether oxygens (including phenoxy) is 3. The normalized spacial score (nSPS) is 11.9. The van der Waals surface area contributed by atoms with Crippen molar-refractivity contribution in [3.63, 3.8) is 0 Å². The lowest BCUT2D eigenvalue weighted by molar-refractivity contribution is -0.142. The Morgan fingerprint density at radius 1 is 1.11 bits per heavy atom. The minimum Gasteiger partial charge on any atom is -0.482 e. The summed E-state index contributed by atoms with van der Waals surface area (Å²) < 4.78 is 42.3. The Bertz CT molecular complexity index is 753. The van der Waals surface area contributed by atoms with Crippen molar-refractivity contribution in [2.45, 2.75) is 18.9 Å². The van der Waals surface area contributed by atoms with Gasteiger partial charge in [0.15, 0.2) is 18.2 Å². The first kappa shape index (κ1) is 21.8. The molecule has 0 fully saturated rings. The van der Waals surface area contributed by atoms with Gasteiger partial charge in [-0.3, -0.25) is 0 Å². The van der Waals surface area contributed by atoms with E-state index < -0.39 is 23.7 Å². The van der Waals surface area contributed by atoms with Crippen molar-refractivity contribution in [2.75, 3.05) is 33.9 Å². The zero-order valence-electron chi connectivity index (χ0n) is 16.0. The number of benzene rings is 2. The quantitative estimate of drug-likeness (QED) is 0.468. The zero-order valence-corrected chi connectivity index (χ0v) is 16.0. The van der Waals surface area contributed by atoms with Gasteiger partial charge in [0.25, 0.3) is 0 Å². The summed E-state index contributed by atoms with van der Waals surface area (Å²) in [6.07, 6.45) is 1.16. The maximum absolute atomic E-state index is 13.9. The number of halogens is 2. The van der Waals surface area contributed by atoms with Gasteiger partial charge in [0.1, 0.15) is 5.75 Å². The number of rotatable bonds is 11. The summed E-state index contributed by atoms with van der Waals surface area (Å²) in [6.45, 7) is 0.973. The summed E-state index contributed by atoms with van der Waals surface area (Å²) in [5.41, 5.74) is 1.34. The van der Waals surface area contributed by atoms with Crippen LogP contribution in [0, 0.1) is 11.6 Å². The number of carbonyl (C=O) groups excluding carboxylic acids is 1. The fraction of sp³-hybridized carbons (Fsp3) is 0.381. The van der Waals surface area contributed by atoms with E-state index in [1.54, 1.807) is 12.1 Å². The second-order valence-electron chi connectivity index (χ2n) is 6.18. The molecule has 0 saturated carbocycles. The fourth-order valence-corrected chi connectivity index (χ4v) is 2.69. The zero-order chi connectivity index (χ0) is 20.4. The summed E-state index contributed by atoms with van der Waals surface area (Å²) in [7, 11) is 2.78. The lowest BCUT2D eigenvalue weighted by Crippen LogP contribution is -2.24. The molecule has 5 nitrogen and oxygen atoms in total.